The zero-order valence-corrected chi connectivity index (χ0v) is 9.76. The Morgan fingerprint density at radius 1 is 1.07 bits per heavy atom. The summed E-state index contributed by atoms with van der Waals surface area (Å²) in [5, 5.41) is 1.16. The van der Waals surface area contributed by atoms with Crippen LogP contribution in [0.1, 0.15) is 10.8 Å². The van der Waals surface area contributed by atoms with Crippen LogP contribution >= 0.6 is 11.5 Å². The van der Waals surface area contributed by atoms with Gasteiger partial charge in [-0.3, -0.25) is 0 Å². The maximum atomic E-state index is 9.91. The second-order valence-corrected chi connectivity index (χ2v) is 7.41. The Morgan fingerprint density at radius 2 is 1.43 bits per heavy atom. The number of aromatic amines is 1. The fraction of sp³-hybridized carbons (Fsp3) is 0.500. The van der Waals surface area contributed by atoms with Crippen molar-refractivity contribution >= 4 is 25.7 Å². The Balaban J connectivity index is 0.000000241. The van der Waals surface area contributed by atoms with Crippen LogP contribution in [0.3, 0.4) is 0 Å². The zero-order chi connectivity index (χ0) is 11.7. The summed E-state index contributed by atoms with van der Waals surface area (Å²) in [6.07, 6.45) is 0. The first kappa shape index (κ1) is 13.7. The van der Waals surface area contributed by atoms with Gasteiger partial charge in [-0.1, -0.05) is 0 Å². The third-order valence-corrected chi connectivity index (χ3v) is 1.42. The molecule has 14 heavy (non-hydrogen) atoms. The van der Waals surface area contributed by atoms with Gasteiger partial charge in [-0.15, -0.1) is 0 Å². The molecule has 0 aromatic carbocycles. The van der Waals surface area contributed by atoms with Crippen LogP contribution in [0.15, 0.2) is 0 Å². The van der Waals surface area contributed by atoms with Crippen molar-refractivity contribution in [2.75, 3.05) is 0 Å². The molecule has 1 heterocycles. The maximum absolute atomic E-state index is 11.1. The fourth-order valence-corrected chi connectivity index (χ4v) is 0.950. The molecule has 1 N–H and O–H groups in total. The molecule has 10 heteroatoms. The summed E-state index contributed by atoms with van der Waals surface area (Å²) < 4.78 is 63.4. The van der Waals surface area contributed by atoms with Crippen LogP contribution < -0.4 is 4.98 Å². The predicted octanol–water partition coefficient (Wildman–Crippen LogP) is 2.71. The van der Waals surface area contributed by atoms with Gasteiger partial charge in [0.25, 0.3) is 0 Å². The summed E-state index contributed by atoms with van der Waals surface area (Å²) >= 11 is -9.56. The van der Waals surface area contributed by atoms with Crippen molar-refractivity contribution < 1.29 is 25.8 Å². The van der Waals surface area contributed by atoms with Crippen molar-refractivity contribution in [1.29, 1.82) is 0 Å². The van der Waals surface area contributed by atoms with Gasteiger partial charge in [-0.2, -0.15) is 0 Å². The molecular weight excluding hydrogens is 297 g/mol. The third kappa shape index (κ3) is 17.7. The van der Waals surface area contributed by atoms with Gasteiger partial charge < -0.3 is 0 Å². The summed E-state index contributed by atoms with van der Waals surface area (Å²) in [5.74, 6) is 1.00. The number of nitrogens with zero attached hydrogens (tertiary/aromatic N) is 1. The molecule has 0 amide bonds. The Kier molecular flexibility index (Phi) is 3.03. The van der Waals surface area contributed by atoms with E-state index in [4.69, 9.17) is 0 Å². The average Bonchev–Trinajstić information content (AvgIpc) is 2.04. The van der Waals surface area contributed by atoms with Crippen LogP contribution in [0.2, 0.25) is 0 Å². The standard InChI is InChI=1S/C4H6N2S.AsF6/c1-3-5-4(2)7-6-3;2-1(3,4,5,6)7/h1-2H3;/q;-1/p+1. The second-order valence-electron chi connectivity index (χ2n) is 2.41. The number of hydrogen-bond donors (Lipinski definition) is 0. The Morgan fingerprint density at radius 3 is 1.50 bits per heavy atom. The molecule has 0 bridgehead atoms. The van der Waals surface area contributed by atoms with Crippen molar-refractivity contribution in [3.8, 4) is 0 Å². The van der Waals surface area contributed by atoms with Gasteiger partial charge in [0.1, 0.15) is 11.5 Å². The SMILES string of the molecule is Cc1nsc(C)[nH+]1.F[As-](F)(F)(F)(F)F. The first-order valence-electron chi connectivity index (χ1n) is 3.12. The molecule has 0 aliphatic rings. The van der Waals surface area contributed by atoms with Gasteiger partial charge in [-0.25, -0.2) is 4.98 Å². The molecule has 0 saturated carbocycles. The molecule has 0 fully saturated rings. The summed E-state index contributed by atoms with van der Waals surface area (Å²) in [7, 11) is 0. The molecule has 86 valence electrons. The number of nitrogens with one attached hydrogen (secondary N) is 1. The van der Waals surface area contributed by atoms with Crippen LogP contribution in [0.25, 0.3) is 0 Å². The van der Waals surface area contributed by atoms with E-state index >= 15 is 0 Å². The van der Waals surface area contributed by atoms with Gasteiger partial charge in [0.15, 0.2) is 5.01 Å². The van der Waals surface area contributed by atoms with E-state index in [2.05, 4.69) is 9.36 Å². The molecule has 0 atom stereocenters. The van der Waals surface area contributed by atoms with Crippen molar-refractivity contribution in [1.82, 2.24) is 4.37 Å². The van der Waals surface area contributed by atoms with E-state index in [1.807, 2.05) is 13.8 Å². The molecule has 0 unspecified atom stereocenters. The van der Waals surface area contributed by atoms with Crippen LogP contribution in [0.4, 0.5) is 20.8 Å². The molecule has 0 spiro atoms. The van der Waals surface area contributed by atoms with Gasteiger partial charge in [0.2, 0.25) is 0 Å². The van der Waals surface area contributed by atoms with E-state index in [0.29, 0.717) is 0 Å². The molecule has 0 radical (unpaired) electrons. The number of halogens is 6. The quantitative estimate of drug-likeness (QED) is 0.535. The van der Waals surface area contributed by atoms with E-state index in [1.165, 1.54) is 11.5 Å². The van der Waals surface area contributed by atoms with Crippen molar-refractivity contribution in [3.63, 3.8) is 0 Å². The Bertz CT molecular complexity index is 286. The summed E-state index contributed by atoms with van der Waals surface area (Å²) in [6, 6.07) is 0. The second kappa shape index (κ2) is 3.09. The molecule has 0 saturated heterocycles. The Hall–Kier alpha value is -0.302. The minimum absolute atomic E-state index is 1.00. The zero-order valence-electron chi connectivity index (χ0n) is 7.07. The van der Waals surface area contributed by atoms with Gasteiger partial charge in [-0.05, 0) is 0 Å². The molecule has 0 aliphatic carbocycles. The van der Waals surface area contributed by atoms with Crippen LogP contribution in [-0.4, -0.2) is 18.5 Å². The van der Waals surface area contributed by atoms with E-state index < -0.39 is 14.2 Å². The number of rotatable bonds is 0. The first-order chi connectivity index (χ1) is 5.74. The molecule has 1 aromatic heterocycles. The average molecular weight is 304 g/mol. The van der Waals surface area contributed by atoms with E-state index in [9.17, 15) is 20.8 Å². The normalized spacial score (nSPS) is 16.3. The third-order valence-electron chi connectivity index (χ3n) is 0.676. The minimum atomic E-state index is -11.1. The summed E-state index contributed by atoms with van der Waals surface area (Å²) in [5.41, 5.74) is 0. The predicted molar refractivity (Wildman–Crippen MR) is 40.5 cm³/mol. The molecule has 0 aliphatic heterocycles. The van der Waals surface area contributed by atoms with Crippen molar-refractivity contribution in [2.45, 2.75) is 13.8 Å². The van der Waals surface area contributed by atoms with Gasteiger partial charge in [0.05, 0.1) is 0 Å². The van der Waals surface area contributed by atoms with Crippen LogP contribution in [0, 0.1) is 13.8 Å². The van der Waals surface area contributed by atoms with Crippen molar-refractivity contribution in [2.24, 2.45) is 0 Å². The molecule has 1 rings (SSSR count). The van der Waals surface area contributed by atoms with E-state index in [-0.39, 0.29) is 0 Å². The first-order valence-corrected chi connectivity index (χ1v) is 8.15. The molecule has 2 nitrogen and oxygen atoms in total. The number of hydrogen-bond acceptors (Lipinski definition) is 2. The number of aryl methyl sites for hydroxylation is 2. The van der Waals surface area contributed by atoms with E-state index in [0.717, 1.165) is 10.8 Å². The number of aromatic nitrogens is 2. The van der Waals surface area contributed by atoms with Crippen molar-refractivity contribution in [3.05, 3.63) is 10.8 Å². The van der Waals surface area contributed by atoms with E-state index in [1.54, 1.807) is 0 Å². The van der Waals surface area contributed by atoms with Gasteiger partial charge >= 0.3 is 40.8 Å². The molecule has 1 aromatic rings. The van der Waals surface area contributed by atoms with Crippen LogP contribution in [0.5, 0.6) is 0 Å². The van der Waals surface area contributed by atoms with Gasteiger partial charge in [0, 0.05) is 18.2 Å². The summed E-state index contributed by atoms with van der Waals surface area (Å²) in [4.78, 5) is 3.05. The number of H-pyrrole nitrogens is 1. The Labute approximate surface area is 81.0 Å². The summed E-state index contributed by atoms with van der Waals surface area (Å²) in [6.45, 7) is 3.95. The topological polar surface area (TPSA) is 27.0 Å². The van der Waals surface area contributed by atoms with Crippen LogP contribution in [-0.2, 0) is 0 Å². The monoisotopic (exact) mass is 304 g/mol. The fourth-order valence-electron chi connectivity index (χ4n) is 0.437. The molecular formula is C4H7AsF6N2S.